The Morgan fingerprint density at radius 1 is 1.04 bits per heavy atom. The van der Waals surface area contributed by atoms with Gasteiger partial charge in [0.05, 0.1) is 5.75 Å². The standard InChI is InChI=1S/C17H16ClN3O2S2/c1-25(22,23)12-11-24-17-20-19-16(13-7-9-14(18)10-8-13)21(17)15-5-3-2-4-6-15/h2-10H,11-12H2,1H3. The van der Waals surface area contributed by atoms with Crippen LogP contribution in [0.15, 0.2) is 59.8 Å². The number of benzene rings is 2. The summed E-state index contributed by atoms with van der Waals surface area (Å²) >= 11 is 7.34. The second-order valence-electron chi connectivity index (χ2n) is 5.46. The molecule has 0 radical (unpaired) electrons. The summed E-state index contributed by atoms with van der Waals surface area (Å²) in [4.78, 5) is 0. The van der Waals surface area contributed by atoms with Gasteiger partial charge >= 0.3 is 0 Å². The van der Waals surface area contributed by atoms with Crippen molar-refractivity contribution in [1.82, 2.24) is 14.8 Å². The van der Waals surface area contributed by atoms with E-state index in [-0.39, 0.29) is 5.75 Å². The van der Waals surface area contributed by atoms with Gasteiger partial charge in [-0.05, 0) is 36.4 Å². The molecule has 25 heavy (non-hydrogen) atoms. The molecule has 0 amide bonds. The molecule has 0 aliphatic rings. The largest absolute Gasteiger partial charge is 0.270 e. The summed E-state index contributed by atoms with van der Waals surface area (Å²) in [7, 11) is -3.01. The van der Waals surface area contributed by atoms with E-state index in [1.165, 1.54) is 18.0 Å². The van der Waals surface area contributed by atoms with Crippen LogP contribution < -0.4 is 0 Å². The third kappa shape index (κ3) is 4.62. The van der Waals surface area contributed by atoms with Crippen molar-refractivity contribution in [3.63, 3.8) is 0 Å². The zero-order valence-corrected chi connectivity index (χ0v) is 15.9. The molecule has 0 N–H and O–H groups in total. The Kier molecular flexibility index (Phi) is 5.46. The van der Waals surface area contributed by atoms with Crippen molar-refractivity contribution < 1.29 is 8.42 Å². The van der Waals surface area contributed by atoms with Crippen molar-refractivity contribution in [2.75, 3.05) is 17.8 Å². The van der Waals surface area contributed by atoms with Crippen LogP contribution in [0.2, 0.25) is 5.02 Å². The van der Waals surface area contributed by atoms with E-state index in [4.69, 9.17) is 11.6 Å². The highest BCUT2D eigenvalue weighted by Gasteiger charge is 2.16. The van der Waals surface area contributed by atoms with Gasteiger partial charge in [0.2, 0.25) is 0 Å². The van der Waals surface area contributed by atoms with Gasteiger partial charge in [-0.3, -0.25) is 4.57 Å². The predicted molar refractivity (Wildman–Crippen MR) is 102 cm³/mol. The second kappa shape index (κ2) is 7.59. The first kappa shape index (κ1) is 18.0. The number of hydrogen-bond acceptors (Lipinski definition) is 5. The van der Waals surface area contributed by atoms with Crippen molar-refractivity contribution in [3.8, 4) is 17.1 Å². The monoisotopic (exact) mass is 393 g/mol. The van der Waals surface area contributed by atoms with Crippen LogP contribution in [0.25, 0.3) is 17.1 Å². The van der Waals surface area contributed by atoms with Crippen LogP contribution in [0.4, 0.5) is 0 Å². The molecule has 0 unspecified atom stereocenters. The highest BCUT2D eigenvalue weighted by molar-refractivity contribution is 8.00. The van der Waals surface area contributed by atoms with Crippen molar-refractivity contribution in [2.45, 2.75) is 5.16 Å². The predicted octanol–water partition coefficient (Wildman–Crippen LogP) is 3.72. The Morgan fingerprint density at radius 2 is 1.72 bits per heavy atom. The van der Waals surface area contributed by atoms with Gasteiger partial charge in [-0.1, -0.05) is 41.6 Å². The Bertz CT molecular complexity index is 955. The average molecular weight is 394 g/mol. The molecule has 0 atom stereocenters. The van der Waals surface area contributed by atoms with Crippen LogP contribution >= 0.6 is 23.4 Å². The Labute approximate surface area is 156 Å². The van der Waals surface area contributed by atoms with Gasteiger partial charge in [0.1, 0.15) is 9.84 Å². The topological polar surface area (TPSA) is 64.8 Å². The molecule has 0 aliphatic heterocycles. The minimum absolute atomic E-state index is 0.0929. The molecule has 130 valence electrons. The Morgan fingerprint density at radius 3 is 2.36 bits per heavy atom. The average Bonchev–Trinajstić information content (AvgIpc) is 2.99. The zero-order chi connectivity index (χ0) is 17.9. The first-order valence-electron chi connectivity index (χ1n) is 7.51. The summed E-state index contributed by atoms with van der Waals surface area (Å²) in [6.45, 7) is 0. The lowest BCUT2D eigenvalue weighted by atomic mass is 10.2. The van der Waals surface area contributed by atoms with Crippen LogP contribution in [-0.4, -0.2) is 40.9 Å². The highest BCUT2D eigenvalue weighted by Crippen LogP contribution is 2.28. The molecule has 5 nitrogen and oxygen atoms in total. The fourth-order valence-corrected chi connectivity index (χ4v) is 4.52. The Hall–Kier alpha value is -1.83. The van der Waals surface area contributed by atoms with Crippen LogP contribution in [0, 0.1) is 0 Å². The van der Waals surface area contributed by atoms with E-state index in [9.17, 15) is 8.42 Å². The van der Waals surface area contributed by atoms with E-state index in [2.05, 4.69) is 10.2 Å². The van der Waals surface area contributed by atoms with Crippen LogP contribution in [0.3, 0.4) is 0 Å². The SMILES string of the molecule is CS(=O)(=O)CCSc1nnc(-c2ccc(Cl)cc2)n1-c1ccccc1. The molecule has 0 bridgehead atoms. The summed E-state index contributed by atoms with van der Waals surface area (Å²) in [6, 6.07) is 17.1. The maximum atomic E-state index is 11.4. The van der Waals surface area contributed by atoms with E-state index in [0.29, 0.717) is 21.8 Å². The molecule has 0 aliphatic carbocycles. The van der Waals surface area contributed by atoms with Gasteiger partial charge < -0.3 is 0 Å². The molecule has 0 spiro atoms. The van der Waals surface area contributed by atoms with Gasteiger partial charge in [-0.2, -0.15) is 0 Å². The number of halogens is 1. The third-order valence-electron chi connectivity index (χ3n) is 3.44. The first-order chi connectivity index (χ1) is 11.9. The molecule has 8 heteroatoms. The van der Waals surface area contributed by atoms with Gasteiger partial charge in [0.15, 0.2) is 11.0 Å². The molecular weight excluding hydrogens is 378 g/mol. The van der Waals surface area contributed by atoms with Gasteiger partial charge in [0, 0.05) is 28.3 Å². The fraction of sp³-hybridized carbons (Fsp3) is 0.176. The number of rotatable bonds is 6. The molecule has 1 aromatic heterocycles. The van der Waals surface area contributed by atoms with Gasteiger partial charge in [-0.15, -0.1) is 10.2 Å². The molecule has 3 aromatic rings. The van der Waals surface area contributed by atoms with Gasteiger partial charge in [0.25, 0.3) is 0 Å². The quantitative estimate of drug-likeness (QED) is 0.597. The molecule has 0 fully saturated rings. The molecular formula is C17H16ClN3O2S2. The van der Waals surface area contributed by atoms with Crippen molar-refractivity contribution in [1.29, 1.82) is 0 Å². The van der Waals surface area contributed by atoms with Crippen molar-refractivity contribution in [3.05, 3.63) is 59.6 Å². The number of para-hydroxylation sites is 1. The number of nitrogens with zero attached hydrogens (tertiary/aromatic N) is 3. The summed E-state index contributed by atoms with van der Waals surface area (Å²) in [6.07, 6.45) is 1.23. The fourth-order valence-electron chi connectivity index (χ4n) is 2.24. The maximum absolute atomic E-state index is 11.4. The van der Waals surface area contributed by atoms with E-state index < -0.39 is 9.84 Å². The van der Waals surface area contributed by atoms with Gasteiger partial charge in [-0.25, -0.2) is 8.42 Å². The van der Waals surface area contributed by atoms with E-state index in [1.807, 2.05) is 47.0 Å². The zero-order valence-electron chi connectivity index (χ0n) is 13.5. The summed E-state index contributed by atoms with van der Waals surface area (Å²) in [5, 5.41) is 9.87. The normalized spacial score (nSPS) is 11.6. The van der Waals surface area contributed by atoms with E-state index >= 15 is 0 Å². The molecule has 3 rings (SSSR count). The van der Waals surface area contributed by atoms with Crippen molar-refractivity contribution in [2.24, 2.45) is 0 Å². The lowest BCUT2D eigenvalue weighted by Gasteiger charge is -2.10. The maximum Gasteiger partial charge on any atom is 0.196 e. The van der Waals surface area contributed by atoms with Crippen LogP contribution in [0.5, 0.6) is 0 Å². The molecule has 0 saturated heterocycles. The Balaban J connectivity index is 2.00. The summed E-state index contributed by atoms with van der Waals surface area (Å²) in [5.74, 6) is 1.20. The molecule has 0 saturated carbocycles. The van der Waals surface area contributed by atoms with E-state index in [1.54, 1.807) is 12.1 Å². The number of sulfone groups is 1. The van der Waals surface area contributed by atoms with Crippen LogP contribution in [-0.2, 0) is 9.84 Å². The minimum Gasteiger partial charge on any atom is -0.270 e. The third-order valence-corrected chi connectivity index (χ3v) is 5.82. The first-order valence-corrected chi connectivity index (χ1v) is 10.9. The molecule has 2 aromatic carbocycles. The lowest BCUT2D eigenvalue weighted by Crippen LogP contribution is -2.06. The summed E-state index contributed by atoms with van der Waals surface area (Å²) in [5.41, 5.74) is 1.80. The van der Waals surface area contributed by atoms with Crippen molar-refractivity contribution >= 4 is 33.2 Å². The smallest absolute Gasteiger partial charge is 0.196 e. The second-order valence-corrected chi connectivity index (χ2v) is 9.22. The lowest BCUT2D eigenvalue weighted by molar-refractivity contribution is 0.603. The number of aromatic nitrogens is 3. The minimum atomic E-state index is -3.01. The van der Waals surface area contributed by atoms with E-state index in [0.717, 1.165) is 11.3 Å². The highest BCUT2D eigenvalue weighted by atomic mass is 35.5. The molecule has 1 heterocycles. The summed E-state index contributed by atoms with van der Waals surface area (Å²) < 4.78 is 24.7. The number of thioether (sulfide) groups is 1. The number of hydrogen-bond donors (Lipinski definition) is 0. The van der Waals surface area contributed by atoms with Crippen LogP contribution in [0.1, 0.15) is 0 Å².